The van der Waals surface area contributed by atoms with Crippen molar-refractivity contribution in [1.29, 1.82) is 0 Å². The first-order chi connectivity index (χ1) is 12.6. The van der Waals surface area contributed by atoms with Gasteiger partial charge in [0.2, 0.25) is 5.91 Å². The van der Waals surface area contributed by atoms with Crippen LogP contribution in [-0.2, 0) is 4.79 Å². The summed E-state index contributed by atoms with van der Waals surface area (Å²) in [7, 11) is 1.69. The van der Waals surface area contributed by atoms with E-state index in [2.05, 4.69) is 22.5 Å². The summed E-state index contributed by atoms with van der Waals surface area (Å²) < 4.78 is 13.6. The molecule has 0 saturated carbocycles. The number of carbonyl (C=O) groups is 1. The molecule has 0 aliphatic carbocycles. The van der Waals surface area contributed by atoms with Gasteiger partial charge in [0.15, 0.2) is 5.96 Å². The van der Waals surface area contributed by atoms with Gasteiger partial charge in [0, 0.05) is 43.8 Å². The van der Waals surface area contributed by atoms with Crippen molar-refractivity contribution in [3.63, 3.8) is 0 Å². The molecule has 0 atom stereocenters. The lowest BCUT2D eigenvalue weighted by molar-refractivity contribution is -0.121. The Balaban J connectivity index is 0.00000364. The number of aliphatic imine (C=N–C) groups is 1. The van der Waals surface area contributed by atoms with Crippen LogP contribution in [0.15, 0.2) is 34.2 Å². The smallest absolute Gasteiger partial charge is 0.220 e. The lowest BCUT2D eigenvalue weighted by Crippen LogP contribution is -2.46. The topological polar surface area (TPSA) is 56.7 Å². The lowest BCUT2D eigenvalue weighted by atomic mass is 9.93. The van der Waals surface area contributed by atoms with Crippen LogP contribution in [0.4, 0.5) is 4.39 Å². The predicted molar refractivity (Wildman–Crippen MR) is 121 cm³/mol. The number of rotatable bonds is 7. The van der Waals surface area contributed by atoms with Crippen molar-refractivity contribution < 1.29 is 9.18 Å². The molecule has 1 aromatic carbocycles. The highest BCUT2D eigenvalue weighted by Gasteiger charge is 2.22. The summed E-state index contributed by atoms with van der Waals surface area (Å²) in [5, 5.41) is 6.04. The number of nitrogens with zero attached hydrogens (tertiary/aromatic N) is 2. The molecular formula is C19H30FIN4OS. The molecule has 0 bridgehead atoms. The van der Waals surface area contributed by atoms with E-state index in [0.29, 0.717) is 23.8 Å². The molecule has 8 heteroatoms. The van der Waals surface area contributed by atoms with Crippen LogP contribution >= 0.6 is 35.7 Å². The molecule has 1 aliphatic heterocycles. The molecule has 0 aromatic heterocycles. The molecule has 152 valence electrons. The summed E-state index contributed by atoms with van der Waals surface area (Å²) in [5.74, 6) is 2.05. The average molecular weight is 508 g/mol. The van der Waals surface area contributed by atoms with Crippen LogP contribution in [0.3, 0.4) is 0 Å². The number of likely N-dealkylation sites (tertiary alicyclic amines) is 1. The van der Waals surface area contributed by atoms with Crippen molar-refractivity contribution >= 4 is 47.6 Å². The Bertz CT molecular complexity index is 609. The molecule has 27 heavy (non-hydrogen) atoms. The zero-order chi connectivity index (χ0) is 18.8. The van der Waals surface area contributed by atoms with Crippen LogP contribution in [0.1, 0.15) is 26.2 Å². The van der Waals surface area contributed by atoms with Gasteiger partial charge in [-0.3, -0.25) is 9.79 Å². The van der Waals surface area contributed by atoms with Crippen molar-refractivity contribution in [3.8, 4) is 0 Å². The molecule has 0 spiro atoms. The second-order valence-corrected chi connectivity index (χ2v) is 7.46. The summed E-state index contributed by atoms with van der Waals surface area (Å²) >= 11 is 1.49. The minimum atomic E-state index is -0.174. The Kier molecular flexibility index (Phi) is 11.7. The third kappa shape index (κ3) is 8.25. The fraction of sp³-hybridized carbons (Fsp3) is 0.579. The fourth-order valence-electron chi connectivity index (χ4n) is 3.01. The van der Waals surface area contributed by atoms with Crippen LogP contribution in [-0.4, -0.2) is 55.7 Å². The number of hydrogen-bond acceptors (Lipinski definition) is 3. The Hall–Kier alpha value is -1.03. The number of amides is 1. The fourth-order valence-corrected chi connectivity index (χ4v) is 3.79. The number of thioether (sulfide) groups is 1. The first kappa shape index (κ1) is 24.0. The van der Waals surface area contributed by atoms with Crippen molar-refractivity contribution in [3.05, 3.63) is 30.1 Å². The van der Waals surface area contributed by atoms with Crippen molar-refractivity contribution in [2.45, 2.75) is 31.1 Å². The van der Waals surface area contributed by atoms with Crippen LogP contribution in [0.2, 0.25) is 0 Å². The number of hydrogen-bond donors (Lipinski definition) is 2. The number of carbonyl (C=O) groups excluding carboxylic acids is 1. The quantitative estimate of drug-likeness (QED) is 0.195. The highest BCUT2D eigenvalue weighted by Crippen LogP contribution is 2.22. The van der Waals surface area contributed by atoms with Gasteiger partial charge >= 0.3 is 0 Å². The number of guanidine groups is 1. The molecule has 1 fully saturated rings. The van der Waals surface area contributed by atoms with E-state index >= 15 is 0 Å². The largest absolute Gasteiger partial charge is 0.359 e. The number of piperidine rings is 1. The molecule has 1 amide bonds. The van der Waals surface area contributed by atoms with E-state index in [9.17, 15) is 9.18 Å². The lowest BCUT2D eigenvalue weighted by Gasteiger charge is -2.34. The van der Waals surface area contributed by atoms with Gasteiger partial charge in [0.1, 0.15) is 5.82 Å². The molecule has 2 N–H and O–H groups in total. The third-order valence-corrected chi connectivity index (χ3v) is 5.48. The summed E-state index contributed by atoms with van der Waals surface area (Å²) in [6.07, 6.45) is 2.61. The molecule has 1 heterocycles. The van der Waals surface area contributed by atoms with Crippen LogP contribution < -0.4 is 10.6 Å². The molecule has 1 saturated heterocycles. The van der Waals surface area contributed by atoms with Crippen molar-refractivity contribution in [1.82, 2.24) is 15.5 Å². The van der Waals surface area contributed by atoms with E-state index < -0.39 is 0 Å². The molecule has 5 nitrogen and oxygen atoms in total. The van der Waals surface area contributed by atoms with E-state index in [1.54, 1.807) is 19.2 Å². The monoisotopic (exact) mass is 508 g/mol. The molecular weight excluding hydrogens is 478 g/mol. The van der Waals surface area contributed by atoms with Gasteiger partial charge in [-0.1, -0.05) is 12.1 Å². The highest BCUT2D eigenvalue weighted by molar-refractivity contribution is 14.0. The maximum atomic E-state index is 13.6. The standard InChI is InChI=1S/C19H29FN4OS.HI/c1-3-22-19(23-10-13-26-17-7-5-4-6-16(17)20)24-11-8-15(9-12-24)14-18(25)21-2;/h4-7,15H,3,8-14H2,1-2H3,(H,21,25)(H,22,23);1H. The number of nitrogens with one attached hydrogen (secondary N) is 2. The normalized spacial score (nSPS) is 15.2. The zero-order valence-corrected chi connectivity index (χ0v) is 19.2. The van der Waals surface area contributed by atoms with E-state index in [4.69, 9.17) is 4.99 Å². The number of halogens is 2. The van der Waals surface area contributed by atoms with Gasteiger partial charge in [0.05, 0.1) is 6.54 Å². The molecule has 1 aliphatic rings. The first-order valence-electron chi connectivity index (χ1n) is 9.25. The first-order valence-corrected chi connectivity index (χ1v) is 10.2. The molecule has 0 unspecified atom stereocenters. The Labute approximate surface area is 183 Å². The van der Waals surface area contributed by atoms with Gasteiger partial charge in [0.25, 0.3) is 0 Å². The highest BCUT2D eigenvalue weighted by atomic mass is 127. The summed E-state index contributed by atoms with van der Waals surface area (Å²) in [6.45, 7) is 5.33. The Morgan fingerprint density at radius 1 is 1.33 bits per heavy atom. The van der Waals surface area contributed by atoms with Crippen molar-refractivity contribution in [2.24, 2.45) is 10.9 Å². The van der Waals surface area contributed by atoms with Crippen LogP contribution in [0.25, 0.3) is 0 Å². The maximum Gasteiger partial charge on any atom is 0.220 e. The summed E-state index contributed by atoms with van der Waals surface area (Å²) in [6, 6.07) is 6.83. The van der Waals surface area contributed by atoms with E-state index in [1.807, 2.05) is 6.07 Å². The van der Waals surface area contributed by atoms with Gasteiger partial charge in [-0.15, -0.1) is 35.7 Å². The van der Waals surface area contributed by atoms with Gasteiger partial charge < -0.3 is 15.5 Å². The molecule has 2 rings (SSSR count). The Morgan fingerprint density at radius 3 is 2.67 bits per heavy atom. The minimum Gasteiger partial charge on any atom is -0.359 e. The predicted octanol–water partition coefficient (Wildman–Crippen LogP) is 3.35. The second kappa shape index (κ2) is 13.2. The zero-order valence-electron chi connectivity index (χ0n) is 16.0. The van der Waals surface area contributed by atoms with Crippen molar-refractivity contribution in [2.75, 3.05) is 39.0 Å². The Morgan fingerprint density at radius 2 is 2.04 bits per heavy atom. The summed E-state index contributed by atoms with van der Waals surface area (Å²) in [4.78, 5) is 19.1. The second-order valence-electron chi connectivity index (χ2n) is 6.32. The molecule has 1 aromatic rings. The van der Waals surface area contributed by atoms with Gasteiger partial charge in [-0.25, -0.2) is 4.39 Å². The third-order valence-electron chi connectivity index (χ3n) is 4.45. The minimum absolute atomic E-state index is 0. The van der Waals surface area contributed by atoms with Crippen LogP contribution in [0.5, 0.6) is 0 Å². The average Bonchev–Trinajstić information content (AvgIpc) is 2.66. The van der Waals surface area contributed by atoms with E-state index in [1.165, 1.54) is 17.8 Å². The molecule has 0 radical (unpaired) electrons. The number of benzene rings is 1. The maximum absolute atomic E-state index is 13.6. The van der Waals surface area contributed by atoms with Gasteiger partial charge in [-0.05, 0) is 37.8 Å². The van der Waals surface area contributed by atoms with E-state index in [0.717, 1.165) is 44.2 Å². The SMILES string of the molecule is CCNC(=NCCSc1ccccc1F)N1CCC(CC(=O)NC)CC1.I. The summed E-state index contributed by atoms with van der Waals surface area (Å²) in [5.41, 5.74) is 0. The van der Waals surface area contributed by atoms with Crippen LogP contribution in [0, 0.1) is 11.7 Å². The van der Waals surface area contributed by atoms with Gasteiger partial charge in [-0.2, -0.15) is 0 Å². The van der Waals surface area contributed by atoms with E-state index in [-0.39, 0.29) is 35.7 Å².